The number of β-amino-alcohol motifs (C(OH)–C–C–N with tert-alkyl or cyclic N) is 1. The summed E-state index contributed by atoms with van der Waals surface area (Å²) in [4.78, 5) is 87.1. The number of rotatable bonds is 32. The molecule has 8 atom stereocenters. The standard InChI is InChI=1S/C83H109ClN12O9S3/c1-57(60-19-21-62(22-20-60)77-58(2)86-56-107-77)87-80(100)75-48-69(97)53-95(75)81(101)78(82(3,4)5)85-37-14-9-7-8-13-17-76(98)93-45-41-91(42-46-93)55-83(6)36-34-72(61-23-27-65(84)28-24-61)64(50-83)52-90-39-43-92(44-40-90)67-30-25-63(26-31-67)79(99)89-108(104,105)71-32-33-73(74(49-71)96(102)103)88-66(54-106-70-15-11-10-12-16-70)35-38-94-51-59-18-29-68(94)47-59/h10-12,15-16,19-28,30-33,49,56-57,59,66,68-69,75,78,85,88,97H,7-9,13-14,17-18,29,34-48,50-55H2,1-6H3,(H,87,100)(H,89,99)/t57-,59?,66+,68?,69+,75-,78+,83+/m0/s1. The number of nitrogens with zero attached hydrogens (tertiary/aromatic N) is 8. The number of aliphatic hydroxyl groups excluding tert-OH is 1. The van der Waals surface area contributed by atoms with Crippen molar-refractivity contribution in [2.45, 2.75) is 178 Å². The minimum atomic E-state index is -4.50. The lowest BCUT2D eigenvalue weighted by molar-refractivity contribution is -0.384. The number of hydrogen-bond donors (Lipinski definition) is 5. The summed E-state index contributed by atoms with van der Waals surface area (Å²) in [5, 5.41) is 34.2. The Morgan fingerprint density at radius 2 is 1.54 bits per heavy atom. The molecule has 1 aromatic heterocycles. The van der Waals surface area contributed by atoms with E-state index in [0.717, 1.165) is 181 Å². The fourth-order valence-corrected chi connectivity index (χ4v) is 19.9. The van der Waals surface area contributed by atoms with Crippen LogP contribution in [0.4, 0.5) is 17.1 Å². The number of anilines is 2. The second-order valence-corrected chi connectivity index (χ2v) is 36.3. The van der Waals surface area contributed by atoms with Gasteiger partial charge in [0.15, 0.2) is 0 Å². The summed E-state index contributed by atoms with van der Waals surface area (Å²) >= 11 is 9.69. The molecule has 2 unspecified atom stereocenters. The molecule has 108 heavy (non-hydrogen) atoms. The highest BCUT2D eigenvalue weighted by molar-refractivity contribution is 7.99. The van der Waals surface area contributed by atoms with Crippen molar-refractivity contribution in [2.75, 3.05) is 108 Å². The van der Waals surface area contributed by atoms with Gasteiger partial charge in [-0.1, -0.05) is 119 Å². The fraction of sp³-hybridized carbons (Fsp3) is 0.530. The van der Waals surface area contributed by atoms with Gasteiger partial charge in [0.2, 0.25) is 17.7 Å². The minimum Gasteiger partial charge on any atom is -0.391 e. The van der Waals surface area contributed by atoms with E-state index >= 15 is 0 Å². The molecule has 5 fully saturated rings. The molecule has 580 valence electrons. The van der Waals surface area contributed by atoms with E-state index in [4.69, 9.17) is 11.6 Å². The summed E-state index contributed by atoms with van der Waals surface area (Å²) in [5.74, 6) is 0.345. The van der Waals surface area contributed by atoms with Crippen molar-refractivity contribution in [1.29, 1.82) is 0 Å². The number of carbonyl (C=O) groups is 4. The van der Waals surface area contributed by atoms with Crippen molar-refractivity contribution >= 4 is 91.0 Å². The Morgan fingerprint density at radius 1 is 0.833 bits per heavy atom. The van der Waals surface area contributed by atoms with Crippen LogP contribution in [0.15, 0.2) is 142 Å². The van der Waals surface area contributed by atoms with Crippen LogP contribution in [-0.2, 0) is 24.4 Å². The Morgan fingerprint density at radius 3 is 2.21 bits per heavy atom. The topological polar surface area (TPSA) is 246 Å². The molecule has 4 saturated heterocycles. The number of benzene rings is 5. The number of unbranched alkanes of at least 4 members (excludes halogenated alkanes) is 4. The van der Waals surface area contributed by atoms with Crippen molar-refractivity contribution in [2.24, 2.45) is 16.7 Å². The first-order valence-electron chi connectivity index (χ1n) is 38.9. The highest BCUT2D eigenvalue weighted by Gasteiger charge is 2.45. The molecule has 6 aliphatic rings. The first-order valence-corrected chi connectivity index (χ1v) is 42.7. The van der Waals surface area contributed by atoms with Gasteiger partial charge in [0.05, 0.1) is 44.1 Å². The highest BCUT2D eigenvalue weighted by atomic mass is 35.5. The zero-order chi connectivity index (χ0) is 76.3. The van der Waals surface area contributed by atoms with Gasteiger partial charge < -0.3 is 40.7 Å². The van der Waals surface area contributed by atoms with Gasteiger partial charge in [-0.3, -0.25) is 39.1 Å². The third-order valence-corrected chi connectivity index (χ3v) is 26.8. The molecule has 25 heteroatoms. The van der Waals surface area contributed by atoms with Crippen LogP contribution in [0.1, 0.15) is 158 Å². The van der Waals surface area contributed by atoms with E-state index in [2.05, 4.69) is 64.3 Å². The highest BCUT2D eigenvalue weighted by Crippen LogP contribution is 2.45. The number of halogens is 1. The summed E-state index contributed by atoms with van der Waals surface area (Å²) in [6, 6.07) is 35.9. The molecule has 0 radical (unpaired) electrons. The van der Waals surface area contributed by atoms with Crippen molar-refractivity contribution in [3.05, 3.63) is 170 Å². The number of fused-ring (bicyclic) bond motifs is 2. The normalized spacial score (nSPS) is 21.8. The maximum Gasteiger partial charge on any atom is 0.293 e. The number of piperazine rings is 2. The third kappa shape index (κ3) is 20.8. The number of aromatic nitrogens is 1. The number of aliphatic hydroxyl groups is 1. The molecule has 4 aliphatic heterocycles. The van der Waals surface area contributed by atoms with Gasteiger partial charge in [-0.15, -0.1) is 23.1 Å². The molecule has 4 amide bonds. The van der Waals surface area contributed by atoms with E-state index in [0.29, 0.717) is 29.8 Å². The number of aryl methyl sites for hydroxylation is 1. The smallest absolute Gasteiger partial charge is 0.293 e. The number of carbonyl (C=O) groups excluding carboxylic acids is 4. The molecule has 1 saturated carbocycles. The van der Waals surface area contributed by atoms with Crippen LogP contribution in [0.2, 0.25) is 5.02 Å². The molecule has 5 N–H and O–H groups in total. The molecule has 21 nitrogen and oxygen atoms in total. The van der Waals surface area contributed by atoms with Gasteiger partial charge in [-0.25, -0.2) is 18.1 Å². The summed E-state index contributed by atoms with van der Waals surface area (Å²) in [6.07, 6.45) is 12.0. The van der Waals surface area contributed by atoms with Crippen molar-refractivity contribution in [3.63, 3.8) is 0 Å². The van der Waals surface area contributed by atoms with Gasteiger partial charge in [0, 0.05) is 143 Å². The Hall–Kier alpha value is -7.26. The Labute approximate surface area is 651 Å². The predicted molar refractivity (Wildman–Crippen MR) is 432 cm³/mol. The van der Waals surface area contributed by atoms with Crippen LogP contribution < -0.4 is 25.6 Å². The van der Waals surface area contributed by atoms with Gasteiger partial charge in [-0.2, -0.15) is 0 Å². The van der Waals surface area contributed by atoms with Crippen LogP contribution in [0.5, 0.6) is 0 Å². The van der Waals surface area contributed by atoms with Crippen LogP contribution in [0.3, 0.4) is 0 Å². The van der Waals surface area contributed by atoms with Crippen LogP contribution in [0.25, 0.3) is 16.0 Å². The largest absolute Gasteiger partial charge is 0.391 e. The Bertz CT molecular complexity index is 4220. The molecular weight excluding hydrogens is 1440 g/mol. The molecule has 2 aliphatic carbocycles. The number of sulfonamides is 1. The van der Waals surface area contributed by atoms with E-state index < -0.39 is 44.5 Å². The second kappa shape index (κ2) is 36.3. The summed E-state index contributed by atoms with van der Waals surface area (Å²) in [5.41, 5.74) is 9.40. The number of likely N-dealkylation sites (tertiary alicyclic amines) is 2. The van der Waals surface area contributed by atoms with E-state index in [-0.39, 0.29) is 70.0 Å². The monoisotopic (exact) mass is 1550 g/mol. The molecule has 0 spiro atoms. The maximum atomic E-state index is 14.3. The first-order chi connectivity index (χ1) is 51.8. The van der Waals surface area contributed by atoms with Crippen molar-refractivity contribution < 1.29 is 37.6 Å². The lowest BCUT2D eigenvalue weighted by Crippen LogP contribution is -2.56. The zero-order valence-corrected chi connectivity index (χ0v) is 66.8. The summed E-state index contributed by atoms with van der Waals surface area (Å²) < 4.78 is 29.8. The molecule has 5 aromatic carbocycles. The maximum absolute atomic E-state index is 14.3. The molecular formula is C83H109ClN12O9S3. The number of thioether (sulfide) groups is 1. The second-order valence-electron chi connectivity index (χ2n) is 32.3. The van der Waals surface area contributed by atoms with Crippen LogP contribution in [0, 0.1) is 33.8 Å². The Kier molecular flexibility index (Phi) is 27.0. The third-order valence-electron chi connectivity index (χ3n) is 23.1. The summed E-state index contributed by atoms with van der Waals surface area (Å²) in [7, 11) is -4.50. The lowest BCUT2D eigenvalue weighted by atomic mass is 9.71. The molecule has 5 heterocycles. The minimum absolute atomic E-state index is 0.0406. The number of thiazole rings is 1. The number of nitrogens with one attached hydrogen (secondary N) is 4. The SMILES string of the molecule is Cc1ncsc1-c1ccc([C@H](C)NC(=O)[C@@H]2C[C@@H](O)CN2C(=O)[C@@H](NCCCCCCCC(=O)N2CCN(C[C@]3(C)CCC(c4ccc(Cl)cc4)=C(CN4CCN(c5ccc(C(=O)NS(=O)(=O)c6ccc(N[C@H](CCN7CC8CCC7C8)CSc7ccccc7)c([N+](=O)[O-])c6)cc5)CC4)C3)CC2)C(C)(C)C)cc1. The number of nitro groups is 1. The van der Waals surface area contributed by atoms with Gasteiger partial charge in [-0.05, 0) is 178 Å². The Balaban J connectivity index is 0.564. The summed E-state index contributed by atoms with van der Waals surface area (Å²) in [6.45, 7) is 23.2. The number of hydrogen-bond acceptors (Lipinski definition) is 18. The predicted octanol–water partition coefficient (Wildman–Crippen LogP) is 13.3. The van der Waals surface area contributed by atoms with Crippen molar-refractivity contribution in [1.82, 2.24) is 44.8 Å². The van der Waals surface area contributed by atoms with Gasteiger partial charge in [0.25, 0.3) is 21.6 Å². The number of nitro benzene ring substituents is 1. The number of allylic oxidation sites excluding steroid dienone is 1. The van der Waals surface area contributed by atoms with Gasteiger partial charge in [0.1, 0.15) is 11.7 Å². The molecule has 2 bridgehead atoms. The lowest BCUT2D eigenvalue weighted by Gasteiger charge is -2.44. The van der Waals surface area contributed by atoms with E-state index in [1.54, 1.807) is 40.1 Å². The average molecular weight is 1550 g/mol. The molecule has 12 rings (SSSR count). The zero-order valence-electron chi connectivity index (χ0n) is 63.6. The van der Waals surface area contributed by atoms with E-state index in [1.165, 1.54) is 48.1 Å². The van der Waals surface area contributed by atoms with Crippen LogP contribution >= 0.6 is 34.7 Å². The fourth-order valence-electron chi connectivity index (χ4n) is 17.0. The number of piperidine rings is 1. The number of amides is 4. The van der Waals surface area contributed by atoms with E-state index in [9.17, 15) is 42.8 Å². The van der Waals surface area contributed by atoms with Crippen molar-refractivity contribution in [3.8, 4) is 10.4 Å². The molecule has 6 aromatic rings. The quantitative estimate of drug-likeness (QED) is 0.0114. The average Bonchev–Trinajstić information content (AvgIpc) is 1.08. The van der Waals surface area contributed by atoms with Gasteiger partial charge >= 0.3 is 0 Å². The van der Waals surface area contributed by atoms with Crippen LogP contribution in [-0.4, -0.2) is 199 Å². The first kappa shape index (κ1) is 80.3. The van der Waals surface area contributed by atoms with E-state index in [1.807, 2.05) is 124 Å².